The standard InChI is InChI=1S/C5H5N5.C5H4N4S/c6-4-3-5(9-1-7-3)10-2-8-4;10-5-6-1-3-4(9-5)8-2-7-3/h1-2H,(H3,6,7,8,9,10);1-2H,(H2,6,7,8,9,10). The molecule has 4 heterocycles. The summed E-state index contributed by atoms with van der Waals surface area (Å²) >= 11 is 4.78. The summed E-state index contributed by atoms with van der Waals surface area (Å²) in [4.78, 5) is 27.9. The lowest BCUT2D eigenvalue weighted by Crippen LogP contribution is -1.91. The molecule has 4 rings (SSSR count). The smallest absolute Gasteiger partial charge is 0.198 e. The summed E-state index contributed by atoms with van der Waals surface area (Å²) in [6.45, 7) is 0. The quantitative estimate of drug-likeness (QED) is 0.353. The summed E-state index contributed by atoms with van der Waals surface area (Å²) in [6.07, 6.45) is 6.17. The molecule has 10 heteroatoms. The summed E-state index contributed by atoms with van der Waals surface area (Å²) in [6, 6.07) is 0. The van der Waals surface area contributed by atoms with Crippen molar-refractivity contribution in [1.29, 1.82) is 0 Å². The van der Waals surface area contributed by atoms with Crippen molar-refractivity contribution in [1.82, 2.24) is 39.9 Å². The Kier molecular flexibility index (Phi) is 3.05. The zero-order valence-electron chi connectivity index (χ0n) is 10.0. The Labute approximate surface area is 116 Å². The van der Waals surface area contributed by atoms with Gasteiger partial charge in [0.1, 0.15) is 17.4 Å². The fraction of sp³-hybridized carbons (Fsp3) is 0. The molecule has 0 saturated carbocycles. The minimum atomic E-state index is 0.433. The molecule has 0 bridgehead atoms. The molecule has 5 N–H and O–H groups in total. The van der Waals surface area contributed by atoms with Crippen LogP contribution < -0.4 is 5.73 Å². The molecule has 0 unspecified atom stereocenters. The van der Waals surface area contributed by atoms with Gasteiger partial charge in [-0.25, -0.2) is 24.9 Å². The number of H-pyrrole nitrogens is 3. The van der Waals surface area contributed by atoms with Crippen molar-refractivity contribution in [3.63, 3.8) is 0 Å². The Balaban J connectivity index is 0.000000121. The lowest BCUT2D eigenvalue weighted by Gasteiger charge is -1.89. The molecule has 0 spiro atoms. The minimum absolute atomic E-state index is 0.433. The summed E-state index contributed by atoms with van der Waals surface area (Å²) in [5.74, 6) is 0.433. The van der Waals surface area contributed by atoms with Crippen molar-refractivity contribution in [2.75, 3.05) is 5.73 Å². The van der Waals surface area contributed by atoms with Gasteiger partial charge >= 0.3 is 0 Å². The second-order valence-corrected chi connectivity index (χ2v) is 4.10. The molecule has 0 fully saturated rings. The third kappa shape index (κ3) is 2.31. The lowest BCUT2D eigenvalue weighted by atomic mass is 10.5. The topological polar surface area (TPSA) is 138 Å². The average molecular weight is 287 g/mol. The number of rotatable bonds is 0. The van der Waals surface area contributed by atoms with Crippen LogP contribution in [0.4, 0.5) is 5.82 Å². The van der Waals surface area contributed by atoms with Gasteiger partial charge in [0, 0.05) is 0 Å². The fourth-order valence-corrected chi connectivity index (χ4v) is 1.69. The van der Waals surface area contributed by atoms with Crippen LogP contribution >= 0.6 is 12.2 Å². The van der Waals surface area contributed by atoms with Crippen LogP contribution in [0.5, 0.6) is 0 Å². The highest BCUT2D eigenvalue weighted by atomic mass is 32.1. The van der Waals surface area contributed by atoms with E-state index in [4.69, 9.17) is 18.0 Å². The van der Waals surface area contributed by atoms with Crippen molar-refractivity contribution < 1.29 is 0 Å². The molecule has 20 heavy (non-hydrogen) atoms. The fourth-order valence-electron chi connectivity index (χ4n) is 1.54. The van der Waals surface area contributed by atoms with Gasteiger partial charge in [0.15, 0.2) is 21.9 Å². The number of fused-ring (bicyclic) bond motifs is 2. The van der Waals surface area contributed by atoms with Gasteiger partial charge in [-0.2, -0.15) is 0 Å². The Hall–Kier alpha value is -2.88. The van der Waals surface area contributed by atoms with Crippen molar-refractivity contribution in [3.05, 3.63) is 29.9 Å². The van der Waals surface area contributed by atoms with Crippen molar-refractivity contribution >= 4 is 40.4 Å². The molecule has 0 aliphatic carbocycles. The van der Waals surface area contributed by atoms with Gasteiger partial charge in [-0.15, -0.1) is 0 Å². The second-order valence-electron chi connectivity index (χ2n) is 3.71. The number of nitrogens with two attached hydrogens (primary N) is 1. The highest BCUT2D eigenvalue weighted by Gasteiger charge is 1.99. The molecule has 0 aliphatic heterocycles. The Morgan fingerprint density at radius 2 is 1.85 bits per heavy atom. The Morgan fingerprint density at radius 3 is 2.70 bits per heavy atom. The molecular weight excluding hydrogens is 278 g/mol. The molecular formula is C10H9N9S. The number of nitrogens with one attached hydrogen (secondary N) is 3. The first-order chi connectivity index (χ1) is 9.74. The predicted molar refractivity (Wildman–Crippen MR) is 75.2 cm³/mol. The maximum atomic E-state index is 5.48. The van der Waals surface area contributed by atoms with Gasteiger partial charge in [0.05, 0.1) is 18.9 Å². The number of nitrogens with zero attached hydrogens (tertiary/aromatic N) is 5. The summed E-state index contributed by atoms with van der Waals surface area (Å²) in [5, 5.41) is 0. The molecule has 0 aliphatic rings. The van der Waals surface area contributed by atoms with Crippen LogP contribution in [-0.4, -0.2) is 39.9 Å². The van der Waals surface area contributed by atoms with Crippen LogP contribution in [0.3, 0.4) is 0 Å². The molecule has 9 nitrogen and oxygen atoms in total. The van der Waals surface area contributed by atoms with E-state index in [1.165, 1.54) is 12.7 Å². The number of aromatic nitrogens is 8. The van der Waals surface area contributed by atoms with Crippen molar-refractivity contribution in [3.8, 4) is 0 Å². The number of hydrogen-bond donors (Lipinski definition) is 4. The van der Waals surface area contributed by atoms with E-state index in [1.54, 1.807) is 12.5 Å². The zero-order valence-corrected chi connectivity index (χ0v) is 10.8. The highest BCUT2D eigenvalue weighted by Crippen LogP contribution is 2.09. The molecule has 0 aromatic carbocycles. The van der Waals surface area contributed by atoms with E-state index in [1.807, 2.05) is 0 Å². The normalized spacial score (nSPS) is 10.4. The first-order valence-electron chi connectivity index (χ1n) is 5.52. The van der Waals surface area contributed by atoms with Crippen LogP contribution in [0.2, 0.25) is 0 Å². The van der Waals surface area contributed by atoms with Crippen molar-refractivity contribution in [2.24, 2.45) is 0 Å². The van der Waals surface area contributed by atoms with E-state index in [0.29, 0.717) is 21.8 Å². The van der Waals surface area contributed by atoms with Gasteiger partial charge in [0.2, 0.25) is 0 Å². The number of imidazole rings is 2. The van der Waals surface area contributed by atoms with Crippen LogP contribution in [0.15, 0.2) is 25.2 Å². The SMILES string of the molecule is Nc1ncnc2nc[nH]c12.S=c1ncc2[nH]cnc2[nH]1. The maximum absolute atomic E-state index is 5.48. The lowest BCUT2D eigenvalue weighted by molar-refractivity contribution is 1.17. The molecule has 100 valence electrons. The molecule has 0 radical (unpaired) electrons. The zero-order chi connectivity index (χ0) is 13.9. The number of aromatic amines is 3. The highest BCUT2D eigenvalue weighted by molar-refractivity contribution is 7.71. The molecule has 4 aromatic heterocycles. The van der Waals surface area contributed by atoms with Crippen LogP contribution in [0.1, 0.15) is 0 Å². The van der Waals surface area contributed by atoms with E-state index in [0.717, 1.165) is 11.2 Å². The monoisotopic (exact) mass is 287 g/mol. The van der Waals surface area contributed by atoms with Gasteiger partial charge in [-0.1, -0.05) is 0 Å². The van der Waals surface area contributed by atoms with Crippen LogP contribution in [0, 0.1) is 4.77 Å². The van der Waals surface area contributed by atoms with Gasteiger partial charge in [-0.05, 0) is 12.2 Å². The Bertz CT molecular complexity index is 905. The van der Waals surface area contributed by atoms with Gasteiger partial charge in [-0.3, -0.25) is 0 Å². The number of nitrogen functional groups attached to an aromatic ring is 1. The summed E-state index contributed by atoms with van der Waals surface area (Å²) < 4.78 is 0.458. The Morgan fingerprint density at radius 1 is 1.00 bits per heavy atom. The largest absolute Gasteiger partial charge is 0.382 e. The van der Waals surface area contributed by atoms with E-state index in [-0.39, 0.29) is 0 Å². The van der Waals surface area contributed by atoms with Gasteiger partial charge < -0.3 is 20.7 Å². The molecule has 0 saturated heterocycles. The molecule has 0 amide bonds. The third-order valence-electron chi connectivity index (χ3n) is 2.46. The number of anilines is 1. The summed E-state index contributed by atoms with van der Waals surface area (Å²) in [7, 11) is 0. The first kappa shape index (κ1) is 12.2. The first-order valence-corrected chi connectivity index (χ1v) is 5.93. The average Bonchev–Trinajstić information content (AvgIpc) is 3.07. The van der Waals surface area contributed by atoms with E-state index >= 15 is 0 Å². The van der Waals surface area contributed by atoms with E-state index in [9.17, 15) is 0 Å². The van der Waals surface area contributed by atoms with Crippen LogP contribution in [0.25, 0.3) is 22.3 Å². The van der Waals surface area contributed by atoms with Gasteiger partial charge in [0.25, 0.3) is 0 Å². The van der Waals surface area contributed by atoms with E-state index in [2.05, 4.69) is 39.9 Å². The minimum Gasteiger partial charge on any atom is -0.382 e. The summed E-state index contributed by atoms with van der Waals surface area (Å²) in [5.41, 5.74) is 8.40. The predicted octanol–water partition coefficient (Wildman–Crippen LogP) is 0.951. The van der Waals surface area contributed by atoms with E-state index < -0.39 is 0 Å². The second kappa shape index (κ2) is 5.01. The molecule has 4 aromatic rings. The third-order valence-corrected chi connectivity index (χ3v) is 2.66. The maximum Gasteiger partial charge on any atom is 0.198 e. The number of hydrogen-bond acceptors (Lipinski definition) is 7. The molecule has 0 atom stereocenters. The van der Waals surface area contributed by atoms with Crippen molar-refractivity contribution in [2.45, 2.75) is 0 Å². The van der Waals surface area contributed by atoms with Crippen LogP contribution in [-0.2, 0) is 0 Å².